The molecule has 21 heavy (non-hydrogen) atoms. The van der Waals surface area contributed by atoms with Gasteiger partial charge in [0.2, 0.25) is 0 Å². The van der Waals surface area contributed by atoms with E-state index >= 15 is 0 Å². The van der Waals surface area contributed by atoms with E-state index in [1.54, 1.807) is 36.4 Å². The number of amides is 2. The second-order valence-electron chi connectivity index (χ2n) is 4.09. The number of rotatable bonds is 3. The molecule has 0 fully saturated rings. The van der Waals surface area contributed by atoms with Gasteiger partial charge in [-0.2, -0.15) is 0 Å². The van der Waals surface area contributed by atoms with Crippen LogP contribution in [0, 0.1) is 0 Å². The van der Waals surface area contributed by atoms with Gasteiger partial charge in [-0.15, -0.1) is 0 Å². The van der Waals surface area contributed by atoms with Crippen LogP contribution in [-0.2, 0) is 0 Å². The predicted octanol–water partition coefficient (Wildman–Crippen LogP) is 5.30. The van der Waals surface area contributed by atoms with Crippen molar-refractivity contribution in [3.8, 4) is 5.75 Å². The van der Waals surface area contributed by atoms with E-state index in [1.165, 1.54) is 7.11 Å². The van der Waals surface area contributed by atoms with Gasteiger partial charge >= 0.3 is 6.03 Å². The van der Waals surface area contributed by atoms with Crippen LogP contribution in [0.25, 0.3) is 0 Å². The number of carbonyl (C=O) groups is 1. The van der Waals surface area contributed by atoms with Gasteiger partial charge in [0.05, 0.1) is 12.1 Å². The third kappa shape index (κ3) is 4.43. The fraction of sp³-hybridized carbons (Fsp3) is 0.0714. The highest BCUT2D eigenvalue weighted by atomic mass is 35.5. The van der Waals surface area contributed by atoms with Gasteiger partial charge < -0.3 is 15.4 Å². The number of hydrogen-bond donors (Lipinski definition) is 2. The van der Waals surface area contributed by atoms with Gasteiger partial charge in [-0.05, 0) is 36.4 Å². The summed E-state index contributed by atoms with van der Waals surface area (Å²) in [4.78, 5) is 11.9. The first-order valence-electron chi connectivity index (χ1n) is 5.85. The quantitative estimate of drug-likeness (QED) is 0.793. The molecule has 0 aliphatic carbocycles. The first-order chi connectivity index (χ1) is 9.97. The van der Waals surface area contributed by atoms with E-state index in [2.05, 4.69) is 10.6 Å². The summed E-state index contributed by atoms with van der Waals surface area (Å²) in [6, 6.07) is 9.25. The molecule has 2 aromatic carbocycles. The molecule has 0 atom stereocenters. The SMILES string of the molecule is COc1ccc(NC(=O)Nc2cc(Cl)cc(Cl)c2)cc1Cl. The average Bonchev–Trinajstić information content (AvgIpc) is 2.37. The van der Waals surface area contributed by atoms with Gasteiger partial charge in [-0.25, -0.2) is 4.79 Å². The minimum atomic E-state index is -0.436. The summed E-state index contributed by atoms with van der Waals surface area (Å²) < 4.78 is 5.04. The van der Waals surface area contributed by atoms with E-state index in [0.717, 1.165) is 0 Å². The van der Waals surface area contributed by atoms with Crippen LogP contribution in [0.15, 0.2) is 36.4 Å². The Morgan fingerprint density at radius 1 is 0.952 bits per heavy atom. The van der Waals surface area contributed by atoms with Gasteiger partial charge in [0.15, 0.2) is 0 Å². The molecule has 0 aromatic heterocycles. The molecule has 0 unspecified atom stereocenters. The van der Waals surface area contributed by atoms with Crippen molar-refractivity contribution in [3.63, 3.8) is 0 Å². The fourth-order valence-electron chi connectivity index (χ4n) is 1.66. The third-order valence-electron chi connectivity index (χ3n) is 2.53. The molecule has 0 spiro atoms. The largest absolute Gasteiger partial charge is 0.495 e. The Morgan fingerprint density at radius 3 is 2.14 bits per heavy atom. The number of nitrogens with one attached hydrogen (secondary N) is 2. The maximum atomic E-state index is 11.9. The van der Waals surface area contributed by atoms with Crippen LogP contribution < -0.4 is 15.4 Å². The Labute approximate surface area is 137 Å². The molecular weight excluding hydrogens is 335 g/mol. The first kappa shape index (κ1) is 15.8. The molecule has 2 rings (SSSR count). The van der Waals surface area contributed by atoms with E-state index in [4.69, 9.17) is 39.5 Å². The average molecular weight is 346 g/mol. The van der Waals surface area contributed by atoms with Gasteiger partial charge in [0, 0.05) is 21.4 Å². The normalized spacial score (nSPS) is 10.1. The molecule has 0 bridgehead atoms. The minimum Gasteiger partial charge on any atom is -0.495 e. The van der Waals surface area contributed by atoms with Crippen LogP contribution in [-0.4, -0.2) is 13.1 Å². The number of hydrogen-bond acceptors (Lipinski definition) is 2. The van der Waals surface area contributed by atoms with Crippen LogP contribution >= 0.6 is 34.8 Å². The molecule has 7 heteroatoms. The van der Waals surface area contributed by atoms with Crippen molar-refractivity contribution >= 4 is 52.2 Å². The summed E-state index contributed by atoms with van der Waals surface area (Å²) in [5.41, 5.74) is 1.02. The highest BCUT2D eigenvalue weighted by molar-refractivity contribution is 6.35. The minimum absolute atomic E-state index is 0.404. The second kappa shape index (κ2) is 6.89. The Balaban J connectivity index is 2.06. The fourth-order valence-corrected chi connectivity index (χ4v) is 2.45. The molecule has 2 aromatic rings. The van der Waals surface area contributed by atoms with Crippen LogP contribution in [0.5, 0.6) is 5.75 Å². The van der Waals surface area contributed by atoms with Gasteiger partial charge in [0.25, 0.3) is 0 Å². The lowest BCUT2D eigenvalue weighted by atomic mass is 10.3. The zero-order chi connectivity index (χ0) is 15.4. The molecule has 0 radical (unpaired) electrons. The lowest BCUT2D eigenvalue weighted by molar-refractivity contribution is 0.262. The molecule has 110 valence electrons. The van der Waals surface area contributed by atoms with Crippen LogP contribution in [0.3, 0.4) is 0 Å². The Morgan fingerprint density at radius 2 is 1.57 bits per heavy atom. The summed E-state index contributed by atoms with van der Waals surface area (Å²) >= 11 is 17.7. The van der Waals surface area contributed by atoms with Gasteiger partial charge in [-0.3, -0.25) is 0 Å². The number of anilines is 2. The maximum absolute atomic E-state index is 11.9. The van der Waals surface area contributed by atoms with Crippen molar-refractivity contribution in [1.82, 2.24) is 0 Å². The summed E-state index contributed by atoms with van der Waals surface area (Å²) in [5, 5.41) is 6.55. The van der Waals surface area contributed by atoms with Crippen LogP contribution in [0.1, 0.15) is 0 Å². The predicted molar refractivity (Wildman–Crippen MR) is 87.1 cm³/mol. The second-order valence-corrected chi connectivity index (χ2v) is 5.37. The maximum Gasteiger partial charge on any atom is 0.323 e. The molecular formula is C14H11Cl3N2O2. The standard InChI is InChI=1S/C14H11Cl3N2O2/c1-21-13-3-2-10(7-12(13)17)18-14(20)19-11-5-8(15)4-9(16)6-11/h2-7H,1H3,(H2,18,19,20). The van der Waals surface area contributed by atoms with Crippen molar-refractivity contribution in [1.29, 1.82) is 0 Å². The van der Waals surface area contributed by atoms with E-state index < -0.39 is 6.03 Å². The third-order valence-corrected chi connectivity index (χ3v) is 3.26. The summed E-state index contributed by atoms with van der Waals surface area (Å²) in [6.45, 7) is 0. The zero-order valence-corrected chi connectivity index (χ0v) is 13.2. The molecule has 0 saturated carbocycles. The van der Waals surface area contributed by atoms with Crippen LogP contribution in [0.2, 0.25) is 15.1 Å². The topological polar surface area (TPSA) is 50.4 Å². The number of urea groups is 1. The van der Waals surface area contributed by atoms with Gasteiger partial charge in [0.1, 0.15) is 5.75 Å². The monoisotopic (exact) mass is 344 g/mol. The number of ether oxygens (including phenoxy) is 1. The van der Waals surface area contributed by atoms with E-state index in [9.17, 15) is 4.79 Å². The summed E-state index contributed by atoms with van der Waals surface area (Å²) in [5.74, 6) is 0.532. The van der Waals surface area contributed by atoms with E-state index in [0.29, 0.717) is 32.2 Å². The number of methoxy groups -OCH3 is 1. The number of carbonyl (C=O) groups excluding carboxylic acids is 1. The lowest BCUT2D eigenvalue weighted by Gasteiger charge is -2.10. The van der Waals surface area contributed by atoms with Gasteiger partial charge in [-0.1, -0.05) is 34.8 Å². The van der Waals surface area contributed by atoms with Crippen molar-refractivity contribution in [2.75, 3.05) is 17.7 Å². The van der Waals surface area contributed by atoms with Crippen LogP contribution in [0.4, 0.5) is 16.2 Å². The highest BCUT2D eigenvalue weighted by Crippen LogP contribution is 2.27. The Hall–Kier alpha value is -1.62. The van der Waals surface area contributed by atoms with Crippen molar-refractivity contribution in [3.05, 3.63) is 51.5 Å². The Kier molecular flexibility index (Phi) is 5.17. The highest BCUT2D eigenvalue weighted by Gasteiger charge is 2.07. The molecule has 0 heterocycles. The zero-order valence-electron chi connectivity index (χ0n) is 10.9. The molecule has 2 amide bonds. The molecule has 0 saturated heterocycles. The molecule has 2 N–H and O–H groups in total. The van der Waals surface area contributed by atoms with Crippen molar-refractivity contribution in [2.24, 2.45) is 0 Å². The molecule has 0 aliphatic rings. The van der Waals surface area contributed by atoms with Crippen molar-refractivity contribution in [2.45, 2.75) is 0 Å². The molecule has 4 nitrogen and oxygen atoms in total. The Bertz CT molecular complexity index is 657. The van der Waals surface area contributed by atoms with Crippen molar-refractivity contribution < 1.29 is 9.53 Å². The summed E-state index contributed by atoms with van der Waals surface area (Å²) in [6.07, 6.45) is 0. The first-order valence-corrected chi connectivity index (χ1v) is 6.99. The lowest BCUT2D eigenvalue weighted by Crippen LogP contribution is -2.19. The molecule has 0 aliphatic heterocycles. The van der Waals surface area contributed by atoms with E-state index in [-0.39, 0.29) is 0 Å². The smallest absolute Gasteiger partial charge is 0.323 e. The summed E-state index contributed by atoms with van der Waals surface area (Å²) in [7, 11) is 1.52. The number of benzene rings is 2. The number of halogens is 3. The van der Waals surface area contributed by atoms with E-state index in [1.807, 2.05) is 0 Å².